The molecule has 1 aromatic heterocycles. The van der Waals surface area contributed by atoms with E-state index < -0.39 is 0 Å². The molecular weight excluding hydrogens is 341 g/mol. The van der Waals surface area contributed by atoms with Crippen molar-refractivity contribution in [2.75, 3.05) is 18.0 Å². The maximum absolute atomic E-state index is 13.5. The molecule has 0 radical (unpaired) electrons. The standard InChI is InChI=1S/C22H26FN3O/c1-3-5-13-26(12-4-2)18-9-7-17(8-10-18)24-15-20-19-14-16(23)6-11-21(19)25-22(20)27/h6-11,14-15,25,27H,3-5,12-13H2,1-2H3. The molecule has 3 aromatic rings. The molecule has 0 spiro atoms. The fraction of sp³-hybridized carbons (Fsp3) is 0.318. The van der Waals surface area contributed by atoms with Crippen LogP contribution in [0.5, 0.6) is 5.88 Å². The SMILES string of the molecule is CCCCN(CCC)c1ccc(N=Cc2c(O)[nH]c3ccc(F)cc23)cc1. The van der Waals surface area contributed by atoms with Gasteiger partial charge in [-0.25, -0.2) is 4.39 Å². The Balaban J connectivity index is 1.80. The number of aromatic amines is 1. The summed E-state index contributed by atoms with van der Waals surface area (Å²) in [7, 11) is 0. The van der Waals surface area contributed by atoms with E-state index in [9.17, 15) is 9.50 Å². The number of aromatic hydroxyl groups is 1. The lowest BCUT2D eigenvalue weighted by Gasteiger charge is -2.24. The molecule has 5 heteroatoms. The first-order valence-corrected chi connectivity index (χ1v) is 9.51. The first-order chi connectivity index (χ1) is 13.1. The molecule has 3 rings (SSSR count). The number of unbranched alkanes of at least 4 members (excludes halogenated alkanes) is 1. The molecule has 2 aromatic carbocycles. The van der Waals surface area contributed by atoms with Crippen molar-refractivity contribution in [2.45, 2.75) is 33.1 Å². The minimum Gasteiger partial charge on any atom is -0.494 e. The van der Waals surface area contributed by atoms with Crippen LogP contribution in [0.15, 0.2) is 47.5 Å². The molecule has 0 bridgehead atoms. The highest BCUT2D eigenvalue weighted by atomic mass is 19.1. The van der Waals surface area contributed by atoms with Crippen LogP contribution in [-0.2, 0) is 0 Å². The van der Waals surface area contributed by atoms with Gasteiger partial charge in [0, 0.05) is 35.9 Å². The zero-order chi connectivity index (χ0) is 19.2. The Morgan fingerprint density at radius 1 is 1.07 bits per heavy atom. The molecule has 0 saturated carbocycles. The molecule has 0 saturated heterocycles. The van der Waals surface area contributed by atoms with E-state index >= 15 is 0 Å². The third-order valence-corrected chi connectivity index (χ3v) is 4.61. The molecule has 0 amide bonds. The molecule has 0 fully saturated rings. The van der Waals surface area contributed by atoms with Gasteiger partial charge in [-0.3, -0.25) is 4.99 Å². The van der Waals surface area contributed by atoms with Crippen LogP contribution in [0, 0.1) is 5.82 Å². The second kappa shape index (κ2) is 8.71. The third kappa shape index (κ3) is 4.48. The number of H-pyrrole nitrogens is 1. The summed E-state index contributed by atoms with van der Waals surface area (Å²) in [6.07, 6.45) is 5.04. The zero-order valence-electron chi connectivity index (χ0n) is 15.9. The van der Waals surface area contributed by atoms with Crippen LogP contribution in [0.1, 0.15) is 38.7 Å². The molecule has 2 N–H and O–H groups in total. The van der Waals surface area contributed by atoms with Gasteiger partial charge in [0.2, 0.25) is 0 Å². The topological polar surface area (TPSA) is 51.6 Å². The number of hydrogen-bond donors (Lipinski definition) is 2. The lowest BCUT2D eigenvalue weighted by Crippen LogP contribution is -2.24. The van der Waals surface area contributed by atoms with Crippen LogP contribution in [0.3, 0.4) is 0 Å². The molecule has 0 aliphatic carbocycles. The number of nitrogens with one attached hydrogen (secondary N) is 1. The number of halogens is 1. The van der Waals surface area contributed by atoms with Crippen LogP contribution in [0.2, 0.25) is 0 Å². The molecule has 1 heterocycles. The Labute approximate surface area is 159 Å². The first-order valence-electron chi connectivity index (χ1n) is 9.51. The lowest BCUT2D eigenvalue weighted by atomic mass is 10.2. The number of rotatable bonds is 8. The van der Waals surface area contributed by atoms with Gasteiger partial charge in [-0.15, -0.1) is 0 Å². The summed E-state index contributed by atoms with van der Waals surface area (Å²) in [6, 6.07) is 12.4. The zero-order valence-corrected chi connectivity index (χ0v) is 15.9. The van der Waals surface area contributed by atoms with E-state index in [1.165, 1.54) is 30.7 Å². The third-order valence-electron chi connectivity index (χ3n) is 4.61. The maximum Gasteiger partial charge on any atom is 0.198 e. The van der Waals surface area contributed by atoms with Crippen molar-refractivity contribution < 1.29 is 9.50 Å². The molecule has 142 valence electrons. The number of benzene rings is 2. The minimum absolute atomic E-state index is 0.00958. The number of aliphatic imine (C=N–C) groups is 1. The molecular formula is C22H26FN3O. The fourth-order valence-corrected chi connectivity index (χ4v) is 3.18. The van der Waals surface area contributed by atoms with Gasteiger partial charge >= 0.3 is 0 Å². The van der Waals surface area contributed by atoms with Crippen molar-refractivity contribution in [1.82, 2.24) is 4.98 Å². The minimum atomic E-state index is -0.344. The van der Waals surface area contributed by atoms with Gasteiger partial charge in [-0.2, -0.15) is 0 Å². The Hall–Kier alpha value is -2.82. The van der Waals surface area contributed by atoms with Crippen LogP contribution >= 0.6 is 0 Å². The number of aromatic nitrogens is 1. The second-order valence-corrected chi connectivity index (χ2v) is 6.69. The average Bonchev–Trinajstić information content (AvgIpc) is 2.98. The van der Waals surface area contributed by atoms with Crippen molar-refractivity contribution >= 4 is 28.5 Å². The van der Waals surface area contributed by atoms with E-state index in [-0.39, 0.29) is 11.7 Å². The summed E-state index contributed by atoms with van der Waals surface area (Å²) in [5.74, 6) is -0.353. The quantitative estimate of drug-likeness (QED) is 0.496. The predicted molar refractivity (Wildman–Crippen MR) is 111 cm³/mol. The summed E-state index contributed by atoms with van der Waals surface area (Å²) in [5, 5.41) is 10.7. The van der Waals surface area contributed by atoms with E-state index in [2.05, 4.69) is 40.9 Å². The maximum atomic E-state index is 13.5. The highest BCUT2D eigenvalue weighted by molar-refractivity contribution is 6.02. The molecule has 0 unspecified atom stereocenters. The Kier molecular flexibility index (Phi) is 6.12. The number of anilines is 1. The summed E-state index contributed by atoms with van der Waals surface area (Å²) < 4.78 is 13.5. The smallest absolute Gasteiger partial charge is 0.198 e. The van der Waals surface area contributed by atoms with Crippen LogP contribution < -0.4 is 4.90 Å². The van der Waals surface area contributed by atoms with Crippen molar-refractivity contribution in [3.63, 3.8) is 0 Å². The first kappa shape index (κ1) is 19.0. The van der Waals surface area contributed by atoms with Gasteiger partial charge in [-0.05, 0) is 55.3 Å². The van der Waals surface area contributed by atoms with Gasteiger partial charge in [0.15, 0.2) is 5.88 Å². The molecule has 0 atom stereocenters. The van der Waals surface area contributed by atoms with E-state index in [4.69, 9.17) is 0 Å². The van der Waals surface area contributed by atoms with Gasteiger partial charge < -0.3 is 15.0 Å². The van der Waals surface area contributed by atoms with Crippen LogP contribution in [0.4, 0.5) is 15.8 Å². The monoisotopic (exact) mass is 367 g/mol. The summed E-state index contributed by atoms with van der Waals surface area (Å²) in [4.78, 5) is 9.69. The Morgan fingerprint density at radius 2 is 1.85 bits per heavy atom. The Morgan fingerprint density at radius 3 is 2.56 bits per heavy atom. The summed E-state index contributed by atoms with van der Waals surface area (Å²) in [6.45, 7) is 6.49. The highest BCUT2D eigenvalue weighted by Gasteiger charge is 2.10. The lowest BCUT2D eigenvalue weighted by molar-refractivity contribution is 0.457. The van der Waals surface area contributed by atoms with Gasteiger partial charge in [-0.1, -0.05) is 20.3 Å². The largest absolute Gasteiger partial charge is 0.494 e. The molecule has 27 heavy (non-hydrogen) atoms. The van der Waals surface area contributed by atoms with Crippen LogP contribution in [-0.4, -0.2) is 29.4 Å². The predicted octanol–water partition coefficient (Wildman–Crippen LogP) is 5.78. The van der Waals surface area contributed by atoms with Crippen LogP contribution in [0.25, 0.3) is 10.9 Å². The summed E-state index contributed by atoms with van der Waals surface area (Å²) in [5.41, 5.74) is 3.15. The fourth-order valence-electron chi connectivity index (χ4n) is 3.18. The normalized spacial score (nSPS) is 11.5. The highest BCUT2D eigenvalue weighted by Crippen LogP contribution is 2.27. The molecule has 4 nitrogen and oxygen atoms in total. The van der Waals surface area contributed by atoms with Crippen molar-refractivity contribution in [3.8, 4) is 5.88 Å². The van der Waals surface area contributed by atoms with E-state index in [0.717, 1.165) is 25.2 Å². The van der Waals surface area contributed by atoms with E-state index in [1.807, 2.05) is 12.1 Å². The number of hydrogen-bond acceptors (Lipinski definition) is 3. The van der Waals surface area contributed by atoms with Crippen molar-refractivity contribution in [3.05, 3.63) is 53.8 Å². The average molecular weight is 367 g/mol. The van der Waals surface area contributed by atoms with E-state index in [0.29, 0.717) is 16.5 Å². The summed E-state index contributed by atoms with van der Waals surface area (Å²) >= 11 is 0. The van der Waals surface area contributed by atoms with Crippen molar-refractivity contribution in [1.29, 1.82) is 0 Å². The second-order valence-electron chi connectivity index (χ2n) is 6.69. The Bertz CT molecular complexity index is 915. The van der Waals surface area contributed by atoms with Crippen molar-refractivity contribution in [2.24, 2.45) is 4.99 Å². The number of nitrogens with zero attached hydrogens (tertiary/aromatic N) is 2. The van der Waals surface area contributed by atoms with E-state index in [1.54, 1.807) is 12.3 Å². The van der Waals surface area contributed by atoms with Gasteiger partial charge in [0.25, 0.3) is 0 Å². The van der Waals surface area contributed by atoms with Gasteiger partial charge in [0.1, 0.15) is 5.82 Å². The number of fused-ring (bicyclic) bond motifs is 1. The van der Waals surface area contributed by atoms with Gasteiger partial charge in [0.05, 0.1) is 11.3 Å². The molecule has 0 aliphatic rings. The molecule has 0 aliphatic heterocycles.